The lowest BCUT2D eigenvalue weighted by Crippen LogP contribution is -2.30. The van der Waals surface area contributed by atoms with Gasteiger partial charge in [-0.3, -0.25) is 4.79 Å². The van der Waals surface area contributed by atoms with Crippen molar-refractivity contribution >= 4 is 32.7 Å². The number of sulfonamides is 1. The molecule has 0 aliphatic rings. The van der Waals surface area contributed by atoms with E-state index in [0.29, 0.717) is 42.8 Å². The number of aryl methyl sites for hydroxylation is 2. The van der Waals surface area contributed by atoms with Gasteiger partial charge in [-0.05, 0) is 49.4 Å². The summed E-state index contributed by atoms with van der Waals surface area (Å²) in [6.07, 6.45) is 0.649. The predicted molar refractivity (Wildman–Crippen MR) is 124 cm³/mol. The van der Waals surface area contributed by atoms with Gasteiger partial charge in [-0.15, -0.1) is 0 Å². The summed E-state index contributed by atoms with van der Waals surface area (Å²) in [6.45, 7) is 7.08. The Balaban J connectivity index is 1.79. The Kier molecular flexibility index (Phi) is 7.28. The Hall–Kier alpha value is -3.22. The number of anilines is 1. The normalized spacial score (nSPS) is 11.6. The Morgan fingerprint density at radius 1 is 1.12 bits per heavy atom. The lowest BCUT2D eigenvalue weighted by Gasteiger charge is -2.18. The van der Waals surface area contributed by atoms with Crippen LogP contribution in [0.4, 0.5) is 5.69 Å². The van der Waals surface area contributed by atoms with Crippen LogP contribution in [0.3, 0.4) is 0 Å². The summed E-state index contributed by atoms with van der Waals surface area (Å²) in [5.41, 5.74) is 2.60. The highest BCUT2D eigenvalue weighted by Crippen LogP contribution is 2.23. The largest absolute Gasteiger partial charge is 0.328 e. The number of rotatable bonds is 9. The van der Waals surface area contributed by atoms with Gasteiger partial charge in [0.05, 0.1) is 27.6 Å². The van der Waals surface area contributed by atoms with Crippen LogP contribution in [0.2, 0.25) is 0 Å². The smallest absolute Gasteiger partial charge is 0.243 e. The van der Waals surface area contributed by atoms with Gasteiger partial charge in [-0.25, -0.2) is 13.4 Å². The number of imidazole rings is 1. The van der Waals surface area contributed by atoms with Crippen LogP contribution in [0.15, 0.2) is 47.4 Å². The number of carbonyl (C=O) groups excluding carboxylic acids is 1. The SMILES string of the molecule is CCN(CC)S(=O)(=O)c1ccc2c(c1)nc(CCC(=O)Nc1ccc(C#N)cc1)n2CC. The second-order valence-corrected chi connectivity index (χ2v) is 9.19. The molecule has 3 aromatic rings. The Labute approximate surface area is 188 Å². The fourth-order valence-corrected chi connectivity index (χ4v) is 5.13. The maximum Gasteiger partial charge on any atom is 0.243 e. The third-order valence-electron chi connectivity index (χ3n) is 5.33. The second-order valence-electron chi connectivity index (χ2n) is 7.25. The van der Waals surface area contributed by atoms with Gasteiger partial charge in [-0.1, -0.05) is 13.8 Å². The molecule has 0 radical (unpaired) electrons. The summed E-state index contributed by atoms with van der Waals surface area (Å²) in [7, 11) is -3.57. The minimum Gasteiger partial charge on any atom is -0.328 e. The molecule has 0 saturated heterocycles. The summed E-state index contributed by atoms with van der Waals surface area (Å²) >= 11 is 0. The van der Waals surface area contributed by atoms with Crippen LogP contribution in [-0.4, -0.2) is 41.3 Å². The van der Waals surface area contributed by atoms with Crippen LogP contribution in [0, 0.1) is 11.3 Å². The van der Waals surface area contributed by atoms with E-state index < -0.39 is 10.0 Å². The monoisotopic (exact) mass is 453 g/mol. The fourth-order valence-electron chi connectivity index (χ4n) is 3.65. The number of amides is 1. The quantitative estimate of drug-likeness (QED) is 0.533. The summed E-state index contributed by atoms with van der Waals surface area (Å²) in [5, 5.41) is 11.7. The number of nitriles is 1. The number of aromatic nitrogens is 2. The van der Waals surface area contributed by atoms with Crippen molar-refractivity contribution in [2.45, 2.75) is 45.1 Å². The van der Waals surface area contributed by atoms with Crippen molar-refractivity contribution in [3.8, 4) is 6.07 Å². The molecular weight excluding hydrogens is 426 g/mol. The first-order valence-corrected chi connectivity index (χ1v) is 12.1. The maximum absolute atomic E-state index is 12.8. The molecule has 0 aliphatic carbocycles. The minimum absolute atomic E-state index is 0.158. The predicted octanol–water partition coefficient (Wildman–Crippen LogP) is 3.53. The van der Waals surface area contributed by atoms with Gasteiger partial charge >= 0.3 is 0 Å². The number of hydrogen-bond donors (Lipinski definition) is 1. The molecule has 3 rings (SSSR count). The van der Waals surface area contributed by atoms with Gasteiger partial charge in [0.15, 0.2) is 0 Å². The molecule has 0 saturated carbocycles. The number of nitrogens with zero attached hydrogens (tertiary/aromatic N) is 4. The van der Waals surface area contributed by atoms with Crippen molar-refractivity contribution in [2.75, 3.05) is 18.4 Å². The van der Waals surface area contributed by atoms with Crippen molar-refractivity contribution in [3.05, 3.63) is 53.9 Å². The molecule has 2 aromatic carbocycles. The molecule has 1 amide bonds. The van der Waals surface area contributed by atoms with E-state index in [-0.39, 0.29) is 17.2 Å². The van der Waals surface area contributed by atoms with Gasteiger partial charge in [0, 0.05) is 38.2 Å². The van der Waals surface area contributed by atoms with Crippen LogP contribution in [-0.2, 0) is 27.8 Å². The van der Waals surface area contributed by atoms with Crippen molar-refractivity contribution in [2.24, 2.45) is 0 Å². The molecule has 1 heterocycles. The van der Waals surface area contributed by atoms with Crippen LogP contribution in [0.5, 0.6) is 0 Å². The molecule has 9 heteroatoms. The number of benzene rings is 2. The molecule has 0 atom stereocenters. The van der Waals surface area contributed by atoms with Gasteiger partial charge in [0.25, 0.3) is 0 Å². The number of nitrogens with one attached hydrogen (secondary N) is 1. The molecule has 32 heavy (non-hydrogen) atoms. The van der Waals surface area contributed by atoms with E-state index in [1.54, 1.807) is 42.5 Å². The number of fused-ring (bicyclic) bond motifs is 1. The average molecular weight is 454 g/mol. The highest BCUT2D eigenvalue weighted by molar-refractivity contribution is 7.89. The first kappa shape index (κ1) is 23.4. The fraction of sp³-hybridized carbons (Fsp3) is 0.348. The van der Waals surface area contributed by atoms with E-state index in [9.17, 15) is 13.2 Å². The maximum atomic E-state index is 12.8. The number of hydrogen-bond acceptors (Lipinski definition) is 5. The van der Waals surface area contributed by atoms with Crippen molar-refractivity contribution in [1.82, 2.24) is 13.9 Å². The van der Waals surface area contributed by atoms with Crippen molar-refractivity contribution in [3.63, 3.8) is 0 Å². The summed E-state index contributed by atoms with van der Waals surface area (Å²) in [5.74, 6) is 0.573. The standard InChI is InChI=1S/C23H27N5O3S/c1-4-27(5-2)32(30,31)19-11-12-21-20(15-19)26-22(28(21)6-3)13-14-23(29)25-18-9-7-17(16-24)8-10-18/h7-12,15H,4-6,13-14H2,1-3H3,(H,25,29). The van der Waals surface area contributed by atoms with E-state index >= 15 is 0 Å². The topological polar surface area (TPSA) is 108 Å². The third-order valence-corrected chi connectivity index (χ3v) is 7.38. The second kappa shape index (κ2) is 9.94. The molecular formula is C23H27N5O3S. The molecule has 8 nitrogen and oxygen atoms in total. The van der Waals surface area contributed by atoms with E-state index in [0.717, 1.165) is 11.3 Å². The highest BCUT2D eigenvalue weighted by Gasteiger charge is 2.23. The van der Waals surface area contributed by atoms with E-state index in [4.69, 9.17) is 5.26 Å². The summed E-state index contributed by atoms with van der Waals surface area (Å²) in [6, 6.07) is 13.7. The first-order chi connectivity index (χ1) is 15.3. The number of carbonyl (C=O) groups is 1. The zero-order valence-electron chi connectivity index (χ0n) is 18.5. The molecule has 1 N–H and O–H groups in total. The molecule has 168 valence electrons. The van der Waals surface area contributed by atoms with Crippen molar-refractivity contribution in [1.29, 1.82) is 5.26 Å². The lowest BCUT2D eigenvalue weighted by molar-refractivity contribution is -0.116. The Bertz CT molecular complexity index is 1250. The summed E-state index contributed by atoms with van der Waals surface area (Å²) in [4.78, 5) is 17.2. The lowest BCUT2D eigenvalue weighted by atomic mass is 10.2. The molecule has 0 bridgehead atoms. The Morgan fingerprint density at radius 3 is 2.41 bits per heavy atom. The third kappa shape index (κ3) is 4.82. The minimum atomic E-state index is -3.57. The van der Waals surface area contributed by atoms with Crippen LogP contribution < -0.4 is 5.32 Å². The van der Waals surface area contributed by atoms with Crippen LogP contribution >= 0.6 is 0 Å². The van der Waals surface area contributed by atoms with Crippen LogP contribution in [0.1, 0.15) is 38.6 Å². The van der Waals surface area contributed by atoms with E-state index in [1.165, 1.54) is 4.31 Å². The highest BCUT2D eigenvalue weighted by atomic mass is 32.2. The average Bonchev–Trinajstić information content (AvgIpc) is 3.15. The van der Waals surface area contributed by atoms with E-state index in [2.05, 4.69) is 10.3 Å². The van der Waals surface area contributed by atoms with Crippen LogP contribution in [0.25, 0.3) is 11.0 Å². The zero-order chi connectivity index (χ0) is 23.3. The Morgan fingerprint density at radius 2 is 1.81 bits per heavy atom. The first-order valence-electron chi connectivity index (χ1n) is 10.6. The van der Waals surface area contributed by atoms with E-state index in [1.807, 2.05) is 31.4 Å². The summed E-state index contributed by atoms with van der Waals surface area (Å²) < 4.78 is 29.1. The molecule has 1 aromatic heterocycles. The van der Waals surface area contributed by atoms with Gasteiger partial charge < -0.3 is 9.88 Å². The molecule has 0 spiro atoms. The van der Waals surface area contributed by atoms with Gasteiger partial charge in [0.1, 0.15) is 5.82 Å². The molecule has 0 aliphatic heterocycles. The van der Waals surface area contributed by atoms with Gasteiger partial charge in [0.2, 0.25) is 15.9 Å². The van der Waals surface area contributed by atoms with Gasteiger partial charge in [-0.2, -0.15) is 9.57 Å². The van der Waals surface area contributed by atoms with Crippen molar-refractivity contribution < 1.29 is 13.2 Å². The molecule has 0 unspecified atom stereocenters. The zero-order valence-corrected chi connectivity index (χ0v) is 19.3. The molecule has 0 fully saturated rings.